The second-order valence-corrected chi connectivity index (χ2v) is 9.68. The topological polar surface area (TPSA) is 108 Å². The van der Waals surface area contributed by atoms with Gasteiger partial charge >= 0.3 is 5.97 Å². The molecular formula is C20H29NO7S. The summed E-state index contributed by atoms with van der Waals surface area (Å²) in [6, 6.07) is 4.26. The first kappa shape index (κ1) is 23.0. The zero-order valence-electron chi connectivity index (χ0n) is 17.3. The Bertz CT molecular complexity index is 835. The third-order valence-electron chi connectivity index (χ3n) is 4.28. The Morgan fingerprint density at radius 2 is 1.90 bits per heavy atom. The summed E-state index contributed by atoms with van der Waals surface area (Å²) in [5, 5.41) is 2.62. The van der Waals surface area contributed by atoms with Crippen LogP contribution in [0.15, 0.2) is 18.2 Å². The fourth-order valence-corrected chi connectivity index (χ4v) is 4.46. The third-order valence-corrected chi connectivity index (χ3v) is 6.05. The lowest BCUT2D eigenvalue weighted by molar-refractivity contribution is -0.129. The molecule has 162 valence electrons. The minimum atomic E-state index is -3.11. The van der Waals surface area contributed by atoms with Crippen molar-refractivity contribution in [2.24, 2.45) is 5.92 Å². The van der Waals surface area contributed by atoms with E-state index in [2.05, 4.69) is 5.32 Å². The average Bonchev–Trinajstić information content (AvgIpc) is 2.98. The van der Waals surface area contributed by atoms with E-state index in [1.807, 2.05) is 20.8 Å². The van der Waals surface area contributed by atoms with E-state index >= 15 is 0 Å². The molecule has 29 heavy (non-hydrogen) atoms. The quantitative estimate of drug-likeness (QED) is 0.600. The van der Waals surface area contributed by atoms with E-state index in [1.54, 1.807) is 12.1 Å². The molecule has 0 spiro atoms. The molecule has 9 heteroatoms. The maximum atomic E-state index is 12.4. The van der Waals surface area contributed by atoms with E-state index in [0.29, 0.717) is 37.1 Å². The summed E-state index contributed by atoms with van der Waals surface area (Å²) in [6.45, 7) is 8.24. The second-order valence-electron chi connectivity index (χ2n) is 7.46. The van der Waals surface area contributed by atoms with Crippen molar-refractivity contribution in [2.75, 3.05) is 24.7 Å². The molecule has 1 fully saturated rings. The lowest BCUT2D eigenvalue weighted by Crippen LogP contribution is -2.42. The number of rotatable bonds is 9. The Labute approximate surface area is 171 Å². The molecule has 1 aliphatic rings. The Kier molecular flexibility index (Phi) is 7.89. The van der Waals surface area contributed by atoms with Crippen LogP contribution in [0.5, 0.6) is 11.5 Å². The fraction of sp³-hybridized carbons (Fsp3) is 0.600. The molecule has 1 heterocycles. The smallest absolute Gasteiger partial charge is 0.339 e. The third kappa shape index (κ3) is 6.92. The molecule has 1 aromatic rings. The van der Waals surface area contributed by atoms with Crippen molar-refractivity contribution in [1.29, 1.82) is 0 Å². The van der Waals surface area contributed by atoms with Crippen LogP contribution in [0, 0.1) is 5.92 Å². The van der Waals surface area contributed by atoms with Crippen molar-refractivity contribution in [3.05, 3.63) is 23.8 Å². The lowest BCUT2D eigenvalue weighted by atomic mass is 10.2. The Morgan fingerprint density at radius 3 is 2.48 bits per heavy atom. The molecule has 2 rings (SSSR count). The molecule has 1 amide bonds. The summed E-state index contributed by atoms with van der Waals surface area (Å²) >= 11 is 0. The first-order chi connectivity index (χ1) is 13.6. The van der Waals surface area contributed by atoms with Crippen molar-refractivity contribution >= 4 is 21.7 Å². The van der Waals surface area contributed by atoms with E-state index < -0.39 is 33.9 Å². The van der Waals surface area contributed by atoms with Crippen LogP contribution in [-0.4, -0.2) is 57.2 Å². The monoisotopic (exact) mass is 427 g/mol. The van der Waals surface area contributed by atoms with Crippen molar-refractivity contribution < 1.29 is 32.2 Å². The summed E-state index contributed by atoms with van der Waals surface area (Å²) in [7, 11) is -3.11. The maximum absolute atomic E-state index is 12.4. The van der Waals surface area contributed by atoms with E-state index in [4.69, 9.17) is 14.2 Å². The average molecular weight is 428 g/mol. The van der Waals surface area contributed by atoms with Crippen LogP contribution in [-0.2, 0) is 19.4 Å². The second kappa shape index (κ2) is 9.96. The van der Waals surface area contributed by atoms with Crippen LogP contribution in [0.4, 0.5) is 0 Å². The number of hydrogen-bond donors (Lipinski definition) is 1. The van der Waals surface area contributed by atoms with Gasteiger partial charge in [0.25, 0.3) is 5.91 Å². The Balaban J connectivity index is 1.99. The molecule has 1 aliphatic heterocycles. The van der Waals surface area contributed by atoms with Crippen LogP contribution < -0.4 is 14.8 Å². The van der Waals surface area contributed by atoms with Gasteiger partial charge in [-0.25, -0.2) is 13.2 Å². The van der Waals surface area contributed by atoms with Crippen LogP contribution in [0.3, 0.4) is 0 Å². The van der Waals surface area contributed by atoms with Gasteiger partial charge in [0, 0.05) is 6.04 Å². The van der Waals surface area contributed by atoms with E-state index in [9.17, 15) is 18.0 Å². The summed E-state index contributed by atoms with van der Waals surface area (Å²) in [5.41, 5.74) is 0.230. The minimum Gasteiger partial charge on any atom is -0.490 e. The molecule has 0 saturated carbocycles. The predicted octanol–water partition coefficient (Wildman–Crippen LogP) is 1.97. The van der Waals surface area contributed by atoms with Crippen molar-refractivity contribution in [2.45, 2.75) is 46.3 Å². The van der Waals surface area contributed by atoms with Gasteiger partial charge in [-0.1, -0.05) is 13.8 Å². The van der Waals surface area contributed by atoms with E-state index in [0.717, 1.165) is 0 Å². The van der Waals surface area contributed by atoms with Gasteiger partial charge in [-0.3, -0.25) is 4.79 Å². The van der Waals surface area contributed by atoms with E-state index in [1.165, 1.54) is 13.0 Å². The standard InChI is InChI=1S/C20H29NO7S/c1-5-26-18-10-15(6-7-17(18)27-11-13(2)3)20(23)28-14(4)19(22)21-16-8-9-29(24,25)12-16/h6-7,10,13-14,16H,5,8-9,11-12H2,1-4H3,(H,21,22)/t14-,16-/m1/s1. The molecule has 1 N–H and O–H groups in total. The lowest BCUT2D eigenvalue weighted by Gasteiger charge is -2.17. The number of nitrogens with one attached hydrogen (secondary N) is 1. The zero-order chi connectivity index (χ0) is 21.6. The Morgan fingerprint density at radius 1 is 1.17 bits per heavy atom. The molecule has 8 nitrogen and oxygen atoms in total. The highest BCUT2D eigenvalue weighted by molar-refractivity contribution is 7.91. The first-order valence-electron chi connectivity index (χ1n) is 9.72. The number of benzene rings is 1. The number of ether oxygens (including phenoxy) is 3. The van der Waals surface area contributed by atoms with E-state index in [-0.39, 0.29) is 17.1 Å². The van der Waals surface area contributed by atoms with Crippen LogP contribution in [0.1, 0.15) is 44.5 Å². The van der Waals surface area contributed by atoms with Crippen LogP contribution in [0.2, 0.25) is 0 Å². The summed E-state index contributed by atoms with van der Waals surface area (Å²) < 4.78 is 39.5. The molecular weight excluding hydrogens is 398 g/mol. The highest BCUT2D eigenvalue weighted by Crippen LogP contribution is 2.29. The molecule has 1 aromatic carbocycles. The first-order valence-corrected chi connectivity index (χ1v) is 11.5. The summed E-state index contributed by atoms with van der Waals surface area (Å²) in [4.78, 5) is 24.7. The number of hydrogen-bond acceptors (Lipinski definition) is 7. The van der Waals surface area contributed by atoms with Crippen LogP contribution >= 0.6 is 0 Å². The molecule has 1 saturated heterocycles. The highest BCUT2D eigenvalue weighted by Gasteiger charge is 2.31. The summed E-state index contributed by atoms with van der Waals surface area (Å²) in [5.74, 6) is 0.0574. The van der Waals surface area contributed by atoms with Crippen molar-refractivity contribution in [3.8, 4) is 11.5 Å². The number of esters is 1. The van der Waals surface area contributed by atoms with Gasteiger partial charge in [-0.05, 0) is 44.4 Å². The highest BCUT2D eigenvalue weighted by atomic mass is 32.2. The molecule has 0 aliphatic carbocycles. The van der Waals surface area contributed by atoms with Gasteiger partial charge in [-0.15, -0.1) is 0 Å². The Hall–Kier alpha value is -2.29. The van der Waals surface area contributed by atoms with Crippen molar-refractivity contribution in [1.82, 2.24) is 5.32 Å². The zero-order valence-corrected chi connectivity index (χ0v) is 18.1. The molecule has 0 bridgehead atoms. The van der Waals surface area contributed by atoms with Crippen molar-refractivity contribution in [3.63, 3.8) is 0 Å². The largest absolute Gasteiger partial charge is 0.490 e. The number of amides is 1. The van der Waals surface area contributed by atoms with Gasteiger partial charge in [0.2, 0.25) is 0 Å². The number of carbonyl (C=O) groups is 2. The molecule has 0 radical (unpaired) electrons. The predicted molar refractivity (Wildman–Crippen MR) is 108 cm³/mol. The maximum Gasteiger partial charge on any atom is 0.339 e. The van der Waals surface area contributed by atoms with Gasteiger partial charge in [0.05, 0.1) is 30.3 Å². The van der Waals surface area contributed by atoms with Gasteiger partial charge < -0.3 is 19.5 Å². The van der Waals surface area contributed by atoms with Crippen LogP contribution in [0.25, 0.3) is 0 Å². The number of sulfone groups is 1. The fourth-order valence-electron chi connectivity index (χ4n) is 2.79. The minimum absolute atomic E-state index is 0.0531. The SMILES string of the molecule is CCOc1cc(C(=O)O[C@H](C)C(=O)N[C@@H]2CCS(=O)(=O)C2)ccc1OCC(C)C. The molecule has 0 aromatic heterocycles. The normalized spacial score (nSPS) is 18.9. The molecule has 0 unspecified atom stereocenters. The number of carbonyl (C=O) groups excluding carboxylic acids is 2. The van der Waals surface area contributed by atoms with Gasteiger partial charge in [0.1, 0.15) is 0 Å². The summed E-state index contributed by atoms with van der Waals surface area (Å²) in [6.07, 6.45) is -0.692. The van der Waals surface area contributed by atoms with Gasteiger partial charge in [0.15, 0.2) is 27.4 Å². The van der Waals surface area contributed by atoms with Gasteiger partial charge in [-0.2, -0.15) is 0 Å². The molecule has 2 atom stereocenters.